The summed E-state index contributed by atoms with van der Waals surface area (Å²) in [6, 6.07) is 0.663. The molecular weight excluding hydrogens is 182 g/mol. The van der Waals surface area contributed by atoms with Gasteiger partial charge in [0.2, 0.25) is 0 Å². The smallest absolute Gasteiger partial charge is 0.0608 e. The van der Waals surface area contributed by atoms with Crippen molar-refractivity contribution in [2.75, 3.05) is 19.8 Å². The van der Waals surface area contributed by atoms with Gasteiger partial charge in [0.25, 0.3) is 0 Å². The molecule has 0 spiro atoms. The van der Waals surface area contributed by atoms with Crippen LogP contribution in [0, 0.1) is 0 Å². The summed E-state index contributed by atoms with van der Waals surface area (Å²) in [6.45, 7) is 9.73. The summed E-state index contributed by atoms with van der Waals surface area (Å²) in [5, 5.41) is 4.98. The second-order valence-corrected chi connectivity index (χ2v) is 5.26. The molecule has 0 aromatic rings. The second kappa shape index (κ2) is 5.89. The third-order valence-electron chi connectivity index (χ3n) is 2.49. The van der Waals surface area contributed by atoms with Crippen LogP contribution in [0.2, 0.25) is 0 Å². The highest BCUT2D eigenvalue weighted by Crippen LogP contribution is 2.26. The molecule has 3 heteroatoms. The van der Waals surface area contributed by atoms with Gasteiger partial charge in [-0.05, 0) is 13.0 Å². The maximum atomic E-state index is 5.17. The van der Waals surface area contributed by atoms with E-state index in [0.29, 0.717) is 11.3 Å². The van der Waals surface area contributed by atoms with E-state index in [1.165, 1.54) is 6.42 Å². The molecule has 1 aliphatic heterocycles. The van der Waals surface area contributed by atoms with Gasteiger partial charge in [0.05, 0.1) is 18.5 Å². The predicted molar refractivity (Wildman–Crippen MR) is 59.4 cm³/mol. The van der Waals surface area contributed by atoms with Crippen molar-refractivity contribution >= 4 is 11.8 Å². The molecule has 0 aromatic heterocycles. The first kappa shape index (κ1) is 11.3. The van der Waals surface area contributed by atoms with E-state index in [-0.39, 0.29) is 0 Å². The highest BCUT2D eigenvalue weighted by atomic mass is 32.2. The van der Waals surface area contributed by atoms with Crippen molar-refractivity contribution in [3.63, 3.8) is 0 Å². The van der Waals surface area contributed by atoms with E-state index in [0.717, 1.165) is 25.0 Å². The number of thioether (sulfide) groups is 1. The van der Waals surface area contributed by atoms with E-state index in [2.05, 4.69) is 37.8 Å². The molecule has 1 aliphatic rings. The SMILES string of the molecule is CCNC(CC)C(C)SC1COC1. The molecule has 0 saturated carbocycles. The first-order valence-electron chi connectivity index (χ1n) is 5.24. The molecule has 2 nitrogen and oxygen atoms in total. The van der Waals surface area contributed by atoms with Crippen LogP contribution in [0.1, 0.15) is 27.2 Å². The number of nitrogens with one attached hydrogen (secondary N) is 1. The van der Waals surface area contributed by atoms with Gasteiger partial charge in [-0.25, -0.2) is 0 Å². The third-order valence-corrected chi connectivity index (χ3v) is 3.90. The van der Waals surface area contributed by atoms with Crippen LogP contribution in [0.5, 0.6) is 0 Å². The zero-order chi connectivity index (χ0) is 9.68. The van der Waals surface area contributed by atoms with Gasteiger partial charge in [-0.15, -0.1) is 11.8 Å². The Kier molecular flexibility index (Phi) is 5.14. The van der Waals surface area contributed by atoms with Gasteiger partial charge in [-0.3, -0.25) is 0 Å². The standard InChI is InChI=1S/C10H21NOS/c1-4-10(11-5-2)8(3)13-9-6-12-7-9/h8-11H,4-7H2,1-3H3. The van der Waals surface area contributed by atoms with Crippen LogP contribution in [0.15, 0.2) is 0 Å². The Morgan fingerprint density at radius 1 is 1.46 bits per heavy atom. The van der Waals surface area contributed by atoms with Crippen molar-refractivity contribution in [3.05, 3.63) is 0 Å². The lowest BCUT2D eigenvalue weighted by molar-refractivity contribution is 0.0452. The molecule has 1 rings (SSSR count). The maximum Gasteiger partial charge on any atom is 0.0608 e. The molecule has 0 bridgehead atoms. The Bertz CT molecular complexity index is 139. The van der Waals surface area contributed by atoms with E-state index in [9.17, 15) is 0 Å². The summed E-state index contributed by atoms with van der Waals surface area (Å²) < 4.78 is 5.17. The number of hydrogen-bond donors (Lipinski definition) is 1. The topological polar surface area (TPSA) is 21.3 Å². The quantitative estimate of drug-likeness (QED) is 0.712. The van der Waals surface area contributed by atoms with Crippen molar-refractivity contribution in [1.29, 1.82) is 0 Å². The van der Waals surface area contributed by atoms with Gasteiger partial charge in [0.15, 0.2) is 0 Å². The molecule has 2 unspecified atom stereocenters. The summed E-state index contributed by atoms with van der Waals surface area (Å²) in [4.78, 5) is 0. The first-order valence-corrected chi connectivity index (χ1v) is 6.18. The van der Waals surface area contributed by atoms with Gasteiger partial charge in [0.1, 0.15) is 0 Å². The fourth-order valence-corrected chi connectivity index (χ4v) is 3.03. The van der Waals surface area contributed by atoms with Crippen LogP contribution >= 0.6 is 11.8 Å². The van der Waals surface area contributed by atoms with Crippen LogP contribution < -0.4 is 5.32 Å². The van der Waals surface area contributed by atoms with E-state index in [1.807, 2.05) is 0 Å². The summed E-state index contributed by atoms with van der Waals surface area (Å²) in [7, 11) is 0. The van der Waals surface area contributed by atoms with Gasteiger partial charge >= 0.3 is 0 Å². The van der Waals surface area contributed by atoms with E-state index in [4.69, 9.17) is 4.74 Å². The number of hydrogen-bond acceptors (Lipinski definition) is 3. The summed E-state index contributed by atoms with van der Waals surface area (Å²) >= 11 is 2.07. The third kappa shape index (κ3) is 3.49. The molecular formula is C10H21NOS. The van der Waals surface area contributed by atoms with Crippen LogP contribution in [0.3, 0.4) is 0 Å². The average molecular weight is 203 g/mol. The Balaban J connectivity index is 2.20. The van der Waals surface area contributed by atoms with E-state index < -0.39 is 0 Å². The largest absolute Gasteiger partial charge is 0.379 e. The number of ether oxygens (including phenoxy) is 1. The monoisotopic (exact) mass is 203 g/mol. The van der Waals surface area contributed by atoms with Gasteiger partial charge in [-0.1, -0.05) is 20.8 Å². The number of rotatable bonds is 6. The van der Waals surface area contributed by atoms with E-state index in [1.54, 1.807) is 0 Å². The fraction of sp³-hybridized carbons (Fsp3) is 1.00. The fourth-order valence-electron chi connectivity index (χ4n) is 1.60. The first-order chi connectivity index (χ1) is 6.27. The van der Waals surface area contributed by atoms with Gasteiger partial charge in [0, 0.05) is 11.3 Å². The lowest BCUT2D eigenvalue weighted by Crippen LogP contribution is -2.40. The Labute approximate surface area is 85.8 Å². The van der Waals surface area contributed by atoms with Crippen LogP contribution in [-0.2, 0) is 4.74 Å². The Morgan fingerprint density at radius 2 is 2.15 bits per heavy atom. The molecule has 78 valence electrons. The molecule has 13 heavy (non-hydrogen) atoms. The normalized spacial score (nSPS) is 22.4. The minimum absolute atomic E-state index is 0.663. The average Bonchev–Trinajstić information content (AvgIpc) is 2.07. The minimum Gasteiger partial charge on any atom is -0.379 e. The van der Waals surface area contributed by atoms with Crippen molar-refractivity contribution < 1.29 is 4.74 Å². The maximum absolute atomic E-state index is 5.17. The molecule has 1 heterocycles. The highest BCUT2D eigenvalue weighted by molar-refractivity contribution is 8.00. The van der Waals surface area contributed by atoms with Crippen molar-refractivity contribution in [2.24, 2.45) is 0 Å². The second-order valence-electron chi connectivity index (χ2n) is 3.57. The van der Waals surface area contributed by atoms with Gasteiger partial charge < -0.3 is 10.1 Å². The molecule has 1 fully saturated rings. The van der Waals surface area contributed by atoms with Crippen LogP contribution in [0.25, 0.3) is 0 Å². The molecule has 0 aromatic carbocycles. The summed E-state index contributed by atoms with van der Waals surface area (Å²) in [5.41, 5.74) is 0. The Hall–Kier alpha value is 0.270. The molecule has 0 radical (unpaired) electrons. The van der Waals surface area contributed by atoms with Crippen molar-refractivity contribution in [2.45, 2.75) is 43.7 Å². The van der Waals surface area contributed by atoms with E-state index >= 15 is 0 Å². The van der Waals surface area contributed by atoms with Gasteiger partial charge in [-0.2, -0.15) is 0 Å². The van der Waals surface area contributed by atoms with Crippen molar-refractivity contribution in [3.8, 4) is 0 Å². The lowest BCUT2D eigenvalue weighted by atomic mass is 10.2. The summed E-state index contributed by atoms with van der Waals surface area (Å²) in [5.74, 6) is 0. The van der Waals surface area contributed by atoms with Crippen LogP contribution in [0.4, 0.5) is 0 Å². The highest BCUT2D eigenvalue weighted by Gasteiger charge is 2.24. The zero-order valence-electron chi connectivity index (χ0n) is 8.88. The predicted octanol–water partition coefficient (Wildman–Crippen LogP) is 1.90. The Morgan fingerprint density at radius 3 is 2.54 bits per heavy atom. The van der Waals surface area contributed by atoms with Crippen LogP contribution in [-0.4, -0.2) is 36.3 Å². The molecule has 0 amide bonds. The molecule has 2 atom stereocenters. The zero-order valence-corrected chi connectivity index (χ0v) is 9.69. The lowest BCUT2D eigenvalue weighted by Gasteiger charge is -2.31. The molecule has 0 aliphatic carbocycles. The molecule has 1 N–H and O–H groups in total. The minimum atomic E-state index is 0.663. The molecule has 1 saturated heterocycles. The van der Waals surface area contributed by atoms with Crippen molar-refractivity contribution in [1.82, 2.24) is 5.32 Å². The summed E-state index contributed by atoms with van der Waals surface area (Å²) in [6.07, 6.45) is 1.22.